The molecule has 4 amide bonds. The van der Waals surface area contributed by atoms with E-state index < -0.39 is 6.03 Å². The van der Waals surface area contributed by atoms with Crippen LogP contribution in [-0.4, -0.2) is 28.0 Å². The Bertz CT molecular complexity index is 985. The Morgan fingerprint density at radius 1 is 1.04 bits per heavy atom. The van der Waals surface area contributed by atoms with Gasteiger partial charge in [-0.3, -0.25) is 19.8 Å². The summed E-state index contributed by atoms with van der Waals surface area (Å²) in [5, 5.41) is 14.1. The van der Waals surface area contributed by atoms with Gasteiger partial charge in [-0.25, -0.2) is 4.79 Å². The zero-order valence-electron chi connectivity index (χ0n) is 15.0. The lowest BCUT2D eigenvalue weighted by Gasteiger charge is -2.17. The highest BCUT2D eigenvalue weighted by molar-refractivity contribution is 7.15. The van der Waals surface area contributed by atoms with Gasteiger partial charge < -0.3 is 5.32 Å². The molecule has 1 saturated carbocycles. The van der Waals surface area contributed by atoms with Crippen LogP contribution >= 0.6 is 11.3 Å². The van der Waals surface area contributed by atoms with Crippen molar-refractivity contribution in [1.82, 2.24) is 10.2 Å². The zero-order chi connectivity index (χ0) is 19.4. The summed E-state index contributed by atoms with van der Waals surface area (Å²) in [4.78, 5) is 39.0. The first kappa shape index (κ1) is 17.1. The maximum absolute atomic E-state index is 12.8. The first-order valence-corrected chi connectivity index (χ1v) is 9.87. The molecule has 3 aliphatic rings. The van der Waals surface area contributed by atoms with Crippen LogP contribution in [0, 0.1) is 30.6 Å². The second-order valence-corrected chi connectivity index (χ2v) is 8.45. The Labute approximate surface area is 164 Å². The molecule has 1 aromatic heterocycles. The number of rotatable bonds is 3. The van der Waals surface area contributed by atoms with Gasteiger partial charge in [0.1, 0.15) is 5.01 Å². The van der Waals surface area contributed by atoms with E-state index in [1.165, 1.54) is 16.2 Å². The molecule has 2 N–H and O–H groups in total. The molecule has 2 fully saturated rings. The van der Waals surface area contributed by atoms with Crippen molar-refractivity contribution in [3.05, 3.63) is 41.4 Å². The number of aryl methyl sites for hydroxylation is 1. The van der Waals surface area contributed by atoms with Gasteiger partial charge in [0.25, 0.3) is 0 Å². The number of allylic oxidation sites excluding steroid dienone is 2. The van der Waals surface area contributed by atoms with E-state index in [-0.39, 0.29) is 35.5 Å². The van der Waals surface area contributed by atoms with Crippen molar-refractivity contribution in [2.45, 2.75) is 13.3 Å². The molecule has 2 bridgehead atoms. The van der Waals surface area contributed by atoms with E-state index in [1.807, 2.05) is 0 Å². The van der Waals surface area contributed by atoms with E-state index in [1.54, 1.807) is 31.2 Å². The van der Waals surface area contributed by atoms with E-state index >= 15 is 0 Å². The molecule has 2 heterocycles. The normalized spacial score (nSPS) is 27.4. The third-order valence-corrected chi connectivity index (χ3v) is 6.35. The van der Waals surface area contributed by atoms with Crippen molar-refractivity contribution in [2.24, 2.45) is 23.7 Å². The van der Waals surface area contributed by atoms with Gasteiger partial charge >= 0.3 is 6.03 Å². The Morgan fingerprint density at radius 2 is 1.68 bits per heavy atom. The minimum absolute atomic E-state index is 0.114. The molecule has 9 heteroatoms. The van der Waals surface area contributed by atoms with Crippen molar-refractivity contribution in [2.75, 3.05) is 15.5 Å². The summed E-state index contributed by atoms with van der Waals surface area (Å²) < 4.78 is 0. The van der Waals surface area contributed by atoms with Gasteiger partial charge in [-0.1, -0.05) is 23.5 Å². The fourth-order valence-corrected chi connectivity index (χ4v) is 5.04. The Balaban J connectivity index is 1.28. The lowest BCUT2D eigenvalue weighted by atomic mass is 9.85. The van der Waals surface area contributed by atoms with Gasteiger partial charge in [-0.2, -0.15) is 0 Å². The predicted molar refractivity (Wildman–Crippen MR) is 104 cm³/mol. The van der Waals surface area contributed by atoms with Crippen molar-refractivity contribution >= 4 is 45.7 Å². The number of nitrogens with one attached hydrogen (secondary N) is 2. The van der Waals surface area contributed by atoms with Gasteiger partial charge in [0.15, 0.2) is 0 Å². The van der Waals surface area contributed by atoms with Crippen LogP contribution in [0.3, 0.4) is 0 Å². The maximum atomic E-state index is 12.8. The highest BCUT2D eigenvalue weighted by Gasteiger charge is 2.59. The summed E-state index contributed by atoms with van der Waals surface area (Å²) >= 11 is 1.28. The molecule has 2 aliphatic carbocycles. The van der Waals surface area contributed by atoms with Gasteiger partial charge in [0, 0.05) is 5.69 Å². The predicted octanol–water partition coefficient (Wildman–Crippen LogP) is 2.80. The number of hydrogen-bond donors (Lipinski definition) is 2. The van der Waals surface area contributed by atoms with E-state index in [0.29, 0.717) is 16.5 Å². The first-order chi connectivity index (χ1) is 13.5. The number of fused-ring (bicyclic) bond motifs is 5. The van der Waals surface area contributed by atoms with Crippen molar-refractivity contribution in [3.8, 4) is 0 Å². The van der Waals surface area contributed by atoms with E-state index in [9.17, 15) is 14.4 Å². The molecule has 142 valence electrons. The van der Waals surface area contributed by atoms with Gasteiger partial charge in [0.2, 0.25) is 16.9 Å². The number of aromatic nitrogens is 2. The number of amides is 4. The molecule has 0 radical (unpaired) electrons. The smallest absolute Gasteiger partial charge is 0.308 e. The minimum Gasteiger partial charge on any atom is -0.308 e. The average molecular weight is 395 g/mol. The number of carbonyl (C=O) groups excluding carboxylic acids is 3. The molecule has 4 atom stereocenters. The molecule has 2 aromatic rings. The summed E-state index contributed by atoms with van der Waals surface area (Å²) in [5.41, 5.74) is 1.08. The van der Waals surface area contributed by atoms with Crippen LogP contribution in [0.15, 0.2) is 36.4 Å². The van der Waals surface area contributed by atoms with Crippen molar-refractivity contribution < 1.29 is 14.4 Å². The lowest BCUT2D eigenvalue weighted by Crippen LogP contribution is -2.32. The SMILES string of the molecule is Cc1nnc(NC(=O)Nc2ccc(N3C(=O)[C@H]4[C@H](C3=O)[C@H]3C=C[C@H]4C3)cc2)s1. The molecule has 1 aromatic carbocycles. The third kappa shape index (κ3) is 2.62. The molecule has 1 saturated heterocycles. The molecular formula is C19H17N5O3S. The molecular weight excluding hydrogens is 378 g/mol. The number of urea groups is 1. The lowest BCUT2D eigenvalue weighted by molar-refractivity contribution is -0.123. The topological polar surface area (TPSA) is 104 Å². The van der Waals surface area contributed by atoms with Crippen LogP contribution in [0.1, 0.15) is 11.4 Å². The molecule has 5 rings (SSSR count). The number of hydrogen-bond acceptors (Lipinski definition) is 6. The van der Waals surface area contributed by atoms with E-state index in [4.69, 9.17) is 0 Å². The second kappa shape index (κ2) is 6.23. The highest BCUT2D eigenvalue weighted by atomic mass is 32.1. The summed E-state index contributed by atoms with van der Waals surface area (Å²) in [6.07, 6.45) is 5.06. The molecule has 1 aliphatic heterocycles. The zero-order valence-corrected chi connectivity index (χ0v) is 15.8. The van der Waals surface area contributed by atoms with Crippen LogP contribution < -0.4 is 15.5 Å². The standard InChI is InChI=1S/C19H17N5O3S/c1-9-22-23-19(28-9)21-18(27)20-12-4-6-13(7-5-12)24-16(25)14-10-2-3-11(8-10)15(14)17(24)26/h2-7,10-11,14-15H,8H2,1H3,(H2,20,21,23,27)/t10-,11-,14+,15+/m0/s1. The number of carbonyl (C=O) groups is 3. The molecule has 0 unspecified atom stereocenters. The Kier molecular flexibility index (Phi) is 3.80. The summed E-state index contributed by atoms with van der Waals surface area (Å²) in [5.74, 6) is -0.299. The Morgan fingerprint density at radius 3 is 2.25 bits per heavy atom. The van der Waals surface area contributed by atoms with Crippen LogP contribution in [0.25, 0.3) is 0 Å². The number of benzene rings is 1. The highest BCUT2D eigenvalue weighted by Crippen LogP contribution is 2.53. The van der Waals surface area contributed by atoms with Gasteiger partial charge in [0.05, 0.1) is 17.5 Å². The summed E-state index contributed by atoms with van der Waals surface area (Å²) in [7, 11) is 0. The van der Waals surface area contributed by atoms with Crippen molar-refractivity contribution in [3.63, 3.8) is 0 Å². The number of nitrogens with zero attached hydrogens (tertiary/aromatic N) is 3. The van der Waals surface area contributed by atoms with Crippen LogP contribution in [-0.2, 0) is 9.59 Å². The largest absolute Gasteiger partial charge is 0.325 e. The fraction of sp³-hybridized carbons (Fsp3) is 0.316. The van der Waals surface area contributed by atoms with E-state index in [0.717, 1.165) is 11.4 Å². The monoisotopic (exact) mass is 395 g/mol. The van der Waals surface area contributed by atoms with Crippen LogP contribution in [0.5, 0.6) is 0 Å². The Hall–Kier alpha value is -3.07. The third-order valence-electron chi connectivity index (χ3n) is 5.60. The molecule has 28 heavy (non-hydrogen) atoms. The van der Waals surface area contributed by atoms with E-state index in [2.05, 4.69) is 33.0 Å². The quantitative estimate of drug-likeness (QED) is 0.614. The fourth-order valence-electron chi connectivity index (χ4n) is 4.46. The molecule has 8 nitrogen and oxygen atoms in total. The second-order valence-electron chi connectivity index (χ2n) is 7.26. The van der Waals surface area contributed by atoms with Gasteiger partial charge in [-0.15, -0.1) is 10.2 Å². The number of imide groups is 1. The maximum Gasteiger partial charge on any atom is 0.325 e. The summed E-state index contributed by atoms with van der Waals surface area (Å²) in [6.45, 7) is 1.80. The minimum atomic E-state index is -0.436. The van der Waals surface area contributed by atoms with Gasteiger partial charge in [-0.05, 0) is 49.4 Å². The van der Waals surface area contributed by atoms with Crippen LogP contribution in [0.4, 0.5) is 21.3 Å². The number of anilines is 3. The summed E-state index contributed by atoms with van der Waals surface area (Å²) in [6, 6.07) is 6.26. The average Bonchev–Trinajstić information content (AvgIpc) is 3.42. The molecule has 0 spiro atoms. The van der Waals surface area contributed by atoms with Crippen molar-refractivity contribution in [1.29, 1.82) is 0 Å². The van der Waals surface area contributed by atoms with Crippen LogP contribution in [0.2, 0.25) is 0 Å². The first-order valence-electron chi connectivity index (χ1n) is 9.05.